The summed E-state index contributed by atoms with van der Waals surface area (Å²) in [7, 11) is 0. The normalized spacial score (nSPS) is 15.2. The van der Waals surface area contributed by atoms with Crippen LogP contribution in [-0.4, -0.2) is 11.7 Å². The molecule has 0 radical (unpaired) electrons. The Labute approximate surface area is 91.7 Å². The predicted molar refractivity (Wildman–Crippen MR) is 53.4 cm³/mol. The first-order valence-electron chi connectivity index (χ1n) is 4.66. The van der Waals surface area contributed by atoms with Gasteiger partial charge in [0.1, 0.15) is 0 Å². The van der Waals surface area contributed by atoms with Gasteiger partial charge in [-0.25, -0.2) is 0 Å². The van der Waals surface area contributed by atoms with Gasteiger partial charge in [-0.05, 0) is 12.5 Å². The molecule has 5 heteroatoms. The molecule has 0 aliphatic carbocycles. The van der Waals surface area contributed by atoms with E-state index in [0.29, 0.717) is 5.56 Å². The number of hydrogen-bond acceptors (Lipinski definition) is 2. The minimum atomic E-state index is -4.59. The molecule has 0 saturated heterocycles. The van der Waals surface area contributed by atoms with Gasteiger partial charge in [-0.15, -0.1) is 0 Å². The Morgan fingerprint density at radius 2 is 1.81 bits per heavy atom. The lowest BCUT2D eigenvalue weighted by atomic mass is 10.0. The van der Waals surface area contributed by atoms with Crippen LogP contribution in [0, 0.1) is 11.3 Å². The molecular weight excluding hydrogens is 217 g/mol. The summed E-state index contributed by atoms with van der Waals surface area (Å²) in [6.07, 6.45) is -4.59. The van der Waals surface area contributed by atoms with Gasteiger partial charge in [0.2, 0.25) is 0 Å². The van der Waals surface area contributed by atoms with Crippen LogP contribution in [0.2, 0.25) is 0 Å². The van der Waals surface area contributed by atoms with Crippen LogP contribution in [0.25, 0.3) is 0 Å². The first-order chi connectivity index (χ1) is 7.39. The lowest BCUT2D eigenvalue weighted by molar-refractivity contribution is -0.174. The molecule has 0 saturated carbocycles. The summed E-state index contributed by atoms with van der Waals surface area (Å²) in [5.74, 6) is 0. The van der Waals surface area contributed by atoms with E-state index in [0.717, 1.165) is 6.92 Å². The van der Waals surface area contributed by atoms with Crippen molar-refractivity contribution in [3.63, 3.8) is 0 Å². The molecule has 16 heavy (non-hydrogen) atoms. The molecular formula is C11H11F3N2. The van der Waals surface area contributed by atoms with E-state index in [2.05, 4.69) is 5.32 Å². The van der Waals surface area contributed by atoms with E-state index in [-0.39, 0.29) is 6.54 Å². The van der Waals surface area contributed by atoms with E-state index < -0.39 is 11.7 Å². The Kier molecular flexibility index (Phi) is 3.55. The molecule has 0 aliphatic rings. The molecule has 0 fully saturated rings. The molecule has 0 heterocycles. The summed E-state index contributed by atoms with van der Waals surface area (Å²) in [5.41, 5.74) is -1.81. The molecule has 0 aromatic heterocycles. The molecule has 1 atom stereocenters. The molecule has 0 amide bonds. The van der Waals surface area contributed by atoms with Gasteiger partial charge in [0.05, 0.1) is 6.07 Å². The number of nitriles is 1. The van der Waals surface area contributed by atoms with Crippen LogP contribution < -0.4 is 5.32 Å². The first kappa shape index (κ1) is 12.5. The van der Waals surface area contributed by atoms with Crippen molar-refractivity contribution in [3.8, 4) is 6.07 Å². The van der Waals surface area contributed by atoms with Crippen molar-refractivity contribution in [3.05, 3.63) is 35.9 Å². The van der Waals surface area contributed by atoms with E-state index >= 15 is 0 Å². The molecule has 0 bridgehead atoms. The van der Waals surface area contributed by atoms with Gasteiger partial charge >= 0.3 is 6.18 Å². The maximum atomic E-state index is 12.5. The van der Waals surface area contributed by atoms with Crippen LogP contribution in [0.1, 0.15) is 12.5 Å². The Morgan fingerprint density at radius 1 is 1.25 bits per heavy atom. The summed E-state index contributed by atoms with van der Waals surface area (Å²) in [6.45, 7) is 0.834. The van der Waals surface area contributed by atoms with E-state index in [4.69, 9.17) is 5.26 Å². The molecule has 2 nitrogen and oxygen atoms in total. The maximum Gasteiger partial charge on any atom is 0.419 e. The molecule has 0 spiro atoms. The smallest absolute Gasteiger partial charge is 0.288 e. The Bertz CT molecular complexity index is 380. The average molecular weight is 228 g/mol. The second kappa shape index (κ2) is 4.54. The minimum Gasteiger partial charge on any atom is -0.288 e. The summed E-state index contributed by atoms with van der Waals surface area (Å²) in [5, 5.41) is 10.8. The van der Waals surface area contributed by atoms with Crippen molar-refractivity contribution in [2.45, 2.75) is 25.2 Å². The SMILES string of the molecule is C[C@](C#N)(NCc1ccccc1)C(F)(F)F. The Balaban J connectivity index is 2.71. The standard InChI is InChI=1S/C11H11F3N2/c1-10(8-15,11(12,13)14)16-7-9-5-3-2-4-6-9/h2-6,16H,7H2,1H3/t10-/m1/s1. The molecule has 86 valence electrons. The van der Waals surface area contributed by atoms with Gasteiger partial charge in [-0.2, -0.15) is 18.4 Å². The van der Waals surface area contributed by atoms with Crippen molar-refractivity contribution in [2.24, 2.45) is 0 Å². The van der Waals surface area contributed by atoms with Crippen LogP contribution in [-0.2, 0) is 6.54 Å². The third kappa shape index (κ3) is 2.74. The minimum absolute atomic E-state index is 0.00437. The molecule has 1 aromatic rings. The second-order valence-electron chi connectivity index (χ2n) is 3.57. The van der Waals surface area contributed by atoms with Crippen LogP contribution in [0.4, 0.5) is 13.2 Å². The predicted octanol–water partition coefficient (Wildman–Crippen LogP) is 2.62. The monoisotopic (exact) mass is 228 g/mol. The number of nitrogens with one attached hydrogen (secondary N) is 1. The zero-order chi connectivity index (χ0) is 12.2. The van der Waals surface area contributed by atoms with E-state index in [1.165, 1.54) is 6.07 Å². The molecule has 0 unspecified atom stereocenters. The number of hydrogen-bond donors (Lipinski definition) is 1. The fourth-order valence-corrected chi connectivity index (χ4v) is 1.08. The molecule has 0 aliphatic heterocycles. The fourth-order valence-electron chi connectivity index (χ4n) is 1.08. The molecule has 1 N–H and O–H groups in total. The van der Waals surface area contributed by atoms with E-state index in [1.807, 2.05) is 0 Å². The number of nitrogens with zero attached hydrogens (tertiary/aromatic N) is 1. The number of alkyl halides is 3. The third-order valence-electron chi connectivity index (χ3n) is 2.28. The number of rotatable bonds is 3. The Hall–Kier alpha value is -1.54. The highest BCUT2D eigenvalue weighted by atomic mass is 19.4. The molecule has 1 rings (SSSR count). The number of halogens is 3. The summed E-state index contributed by atoms with van der Waals surface area (Å²) < 4.78 is 37.6. The zero-order valence-corrected chi connectivity index (χ0v) is 8.67. The quantitative estimate of drug-likeness (QED) is 0.863. The van der Waals surface area contributed by atoms with Gasteiger partial charge in [0.15, 0.2) is 5.54 Å². The van der Waals surface area contributed by atoms with Crippen LogP contribution in [0.3, 0.4) is 0 Å². The summed E-state index contributed by atoms with van der Waals surface area (Å²) >= 11 is 0. The van der Waals surface area contributed by atoms with Crippen LogP contribution >= 0.6 is 0 Å². The van der Waals surface area contributed by atoms with E-state index in [1.54, 1.807) is 30.3 Å². The van der Waals surface area contributed by atoms with Crippen molar-refractivity contribution < 1.29 is 13.2 Å². The average Bonchev–Trinajstić information content (AvgIpc) is 2.26. The van der Waals surface area contributed by atoms with Gasteiger partial charge in [-0.1, -0.05) is 30.3 Å². The van der Waals surface area contributed by atoms with Crippen LogP contribution in [0.5, 0.6) is 0 Å². The van der Waals surface area contributed by atoms with Gasteiger partial charge in [0, 0.05) is 6.54 Å². The Morgan fingerprint density at radius 3 is 2.25 bits per heavy atom. The summed E-state index contributed by atoms with van der Waals surface area (Å²) in [6, 6.07) is 9.88. The fraction of sp³-hybridized carbons (Fsp3) is 0.364. The van der Waals surface area contributed by atoms with Gasteiger partial charge in [0.25, 0.3) is 0 Å². The summed E-state index contributed by atoms with van der Waals surface area (Å²) in [4.78, 5) is 0. The second-order valence-corrected chi connectivity index (χ2v) is 3.57. The van der Waals surface area contributed by atoms with Gasteiger partial charge in [-0.3, -0.25) is 5.32 Å². The lowest BCUT2D eigenvalue weighted by Gasteiger charge is -2.26. The van der Waals surface area contributed by atoms with E-state index in [9.17, 15) is 13.2 Å². The highest BCUT2D eigenvalue weighted by Crippen LogP contribution is 2.29. The first-order valence-corrected chi connectivity index (χ1v) is 4.66. The topological polar surface area (TPSA) is 35.8 Å². The van der Waals surface area contributed by atoms with Crippen molar-refractivity contribution >= 4 is 0 Å². The van der Waals surface area contributed by atoms with Gasteiger partial charge < -0.3 is 0 Å². The number of benzene rings is 1. The van der Waals surface area contributed by atoms with Crippen molar-refractivity contribution in [1.29, 1.82) is 5.26 Å². The lowest BCUT2D eigenvalue weighted by Crippen LogP contribution is -2.52. The van der Waals surface area contributed by atoms with Crippen LogP contribution in [0.15, 0.2) is 30.3 Å². The zero-order valence-electron chi connectivity index (χ0n) is 8.67. The maximum absolute atomic E-state index is 12.5. The molecule has 1 aromatic carbocycles. The van der Waals surface area contributed by atoms with Crippen molar-refractivity contribution in [1.82, 2.24) is 5.32 Å². The third-order valence-corrected chi connectivity index (χ3v) is 2.28. The highest BCUT2D eigenvalue weighted by molar-refractivity contribution is 5.17. The highest BCUT2D eigenvalue weighted by Gasteiger charge is 2.51. The van der Waals surface area contributed by atoms with Crippen molar-refractivity contribution in [2.75, 3.05) is 0 Å². The largest absolute Gasteiger partial charge is 0.419 e.